The van der Waals surface area contributed by atoms with Crippen LogP contribution in [0.15, 0.2) is 10.5 Å². The van der Waals surface area contributed by atoms with Gasteiger partial charge in [-0.1, -0.05) is 27.7 Å². The van der Waals surface area contributed by atoms with Crippen LogP contribution in [0.2, 0.25) is 0 Å². The van der Waals surface area contributed by atoms with Crippen molar-refractivity contribution in [1.82, 2.24) is 10.2 Å². The largest absolute Gasteiger partial charge is 0.466 e. The molecule has 2 rings (SSSR count). The normalized spacial score (nSPS) is 18.0. The average Bonchev–Trinajstić information content (AvgIpc) is 2.93. The number of amides is 2. The molecule has 0 fully saturated rings. The van der Waals surface area contributed by atoms with Crippen molar-refractivity contribution < 1.29 is 14.0 Å². The van der Waals surface area contributed by atoms with Crippen LogP contribution in [0.5, 0.6) is 0 Å². The lowest BCUT2D eigenvalue weighted by atomic mass is 9.74. The van der Waals surface area contributed by atoms with Gasteiger partial charge >= 0.3 is 0 Å². The number of carbonyl (C=O) groups is 2. The second-order valence-electron chi connectivity index (χ2n) is 8.64. The number of aryl methyl sites for hydroxylation is 1. The summed E-state index contributed by atoms with van der Waals surface area (Å²) in [6, 6.07) is 2.05. The summed E-state index contributed by atoms with van der Waals surface area (Å²) in [7, 11) is 0. The van der Waals surface area contributed by atoms with E-state index in [0.717, 1.165) is 55.9 Å². The third kappa shape index (κ3) is 6.12. The number of furan rings is 1. The van der Waals surface area contributed by atoms with Crippen LogP contribution < -0.4 is 5.32 Å². The van der Waals surface area contributed by atoms with Gasteiger partial charge < -0.3 is 14.6 Å². The SMILES string of the molecule is CCCN(CCC)C(=O)CCCC(=O)NC1CC(C)(C)Cc2oc(C)cc21. The highest BCUT2D eigenvalue weighted by Crippen LogP contribution is 2.42. The van der Waals surface area contributed by atoms with Crippen LogP contribution in [0, 0.1) is 12.3 Å². The smallest absolute Gasteiger partial charge is 0.222 e. The van der Waals surface area contributed by atoms with Gasteiger partial charge in [0.1, 0.15) is 11.5 Å². The maximum absolute atomic E-state index is 12.5. The first kappa shape index (κ1) is 21.5. The van der Waals surface area contributed by atoms with Crippen molar-refractivity contribution in [3.05, 3.63) is 23.2 Å². The molecule has 2 amide bonds. The van der Waals surface area contributed by atoms with Gasteiger partial charge in [-0.2, -0.15) is 0 Å². The first-order chi connectivity index (χ1) is 12.8. The highest BCUT2D eigenvalue weighted by molar-refractivity contribution is 5.79. The number of rotatable bonds is 9. The number of carbonyl (C=O) groups excluding carboxylic acids is 2. The van der Waals surface area contributed by atoms with E-state index < -0.39 is 0 Å². The molecule has 0 saturated carbocycles. The Morgan fingerprint density at radius 1 is 1.22 bits per heavy atom. The molecule has 0 radical (unpaired) electrons. The van der Waals surface area contributed by atoms with Crippen molar-refractivity contribution in [1.29, 1.82) is 0 Å². The van der Waals surface area contributed by atoms with Crippen LogP contribution in [0.1, 0.15) is 89.3 Å². The van der Waals surface area contributed by atoms with Crippen molar-refractivity contribution in [3.8, 4) is 0 Å². The topological polar surface area (TPSA) is 62.6 Å². The minimum atomic E-state index is 0.00100. The Morgan fingerprint density at radius 3 is 2.52 bits per heavy atom. The number of nitrogens with one attached hydrogen (secondary N) is 1. The van der Waals surface area contributed by atoms with Gasteiger partial charge in [0.2, 0.25) is 11.8 Å². The first-order valence-corrected chi connectivity index (χ1v) is 10.4. The molecule has 5 nitrogen and oxygen atoms in total. The molecule has 0 aliphatic heterocycles. The second kappa shape index (κ2) is 9.43. The van der Waals surface area contributed by atoms with E-state index in [9.17, 15) is 9.59 Å². The van der Waals surface area contributed by atoms with E-state index in [1.807, 2.05) is 17.9 Å². The minimum absolute atomic E-state index is 0.00100. The fraction of sp³-hybridized carbons (Fsp3) is 0.727. The molecule has 5 heteroatoms. The Bertz CT molecular complexity index is 642. The molecule has 152 valence electrons. The Balaban J connectivity index is 1.86. The Morgan fingerprint density at radius 2 is 1.89 bits per heavy atom. The lowest BCUT2D eigenvalue weighted by molar-refractivity contribution is -0.131. The van der Waals surface area contributed by atoms with Crippen molar-refractivity contribution in [2.24, 2.45) is 5.41 Å². The summed E-state index contributed by atoms with van der Waals surface area (Å²) in [6.07, 6.45) is 5.18. The molecule has 0 bridgehead atoms. The molecule has 1 N–H and O–H groups in total. The molecular formula is C22H36N2O3. The van der Waals surface area contributed by atoms with E-state index in [1.54, 1.807) is 0 Å². The van der Waals surface area contributed by atoms with Crippen LogP contribution in [0.3, 0.4) is 0 Å². The Hall–Kier alpha value is -1.78. The molecule has 0 spiro atoms. The third-order valence-corrected chi connectivity index (χ3v) is 5.21. The summed E-state index contributed by atoms with van der Waals surface area (Å²) in [5, 5.41) is 3.17. The molecule has 1 aromatic rings. The molecule has 27 heavy (non-hydrogen) atoms. The zero-order valence-corrected chi connectivity index (χ0v) is 17.7. The molecular weight excluding hydrogens is 340 g/mol. The van der Waals surface area contributed by atoms with Crippen LogP contribution in [0.25, 0.3) is 0 Å². The van der Waals surface area contributed by atoms with Gasteiger partial charge in [0, 0.05) is 37.9 Å². The zero-order chi connectivity index (χ0) is 20.0. The monoisotopic (exact) mass is 376 g/mol. The summed E-state index contributed by atoms with van der Waals surface area (Å²) in [5.41, 5.74) is 1.22. The molecule has 1 heterocycles. The fourth-order valence-electron chi connectivity index (χ4n) is 4.04. The fourth-order valence-corrected chi connectivity index (χ4v) is 4.04. The Kier molecular flexibility index (Phi) is 7.51. The van der Waals surface area contributed by atoms with Crippen molar-refractivity contribution in [2.75, 3.05) is 13.1 Å². The lowest BCUT2D eigenvalue weighted by Gasteiger charge is -2.34. The Labute approximate surface area is 163 Å². The predicted octanol–water partition coefficient (Wildman–Crippen LogP) is 4.54. The number of fused-ring (bicyclic) bond motifs is 1. The van der Waals surface area contributed by atoms with Gasteiger partial charge in [-0.25, -0.2) is 0 Å². The summed E-state index contributed by atoms with van der Waals surface area (Å²) >= 11 is 0. The number of hydrogen-bond acceptors (Lipinski definition) is 3. The summed E-state index contributed by atoms with van der Waals surface area (Å²) in [4.78, 5) is 26.7. The van der Waals surface area contributed by atoms with Crippen molar-refractivity contribution >= 4 is 11.8 Å². The predicted molar refractivity (Wildman–Crippen MR) is 107 cm³/mol. The molecule has 1 aromatic heterocycles. The molecule has 1 aliphatic rings. The minimum Gasteiger partial charge on any atom is -0.466 e. The van der Waals surface area contributed by atoms with Gasteiger partial charge in [-0.15, -0.1) is 0 Å². The van der Waals surface area contributed by atoms with Crippen molar-refractivity contribution in [3.63, 3.8) is 0 Å². The number of nitrogens with zero attached hydrogens (tertiary/aromatic N) is 1. The quantitative estimate of drug-likeness (QED) is 0.688. The second-order valence-corrected chi connectivity index (χ2v) is 8.64. The van der Waals surface area contributed by atoms with Gasteiger partial charge in [0.15, 0.2) is 0 Å². The summed E-state index contributed by atoms with van der Waals surface area (Å²) in [6.45, 7) is 12.1. The first-order valence-electron chi connectivity index (χ1n) is 10.4. The van der Waals surface area contributed by atoms with E-state index in [2.05, 4.69) is 33.0 Å². The average molecular weight is 377 g/mol. The van der Waals surface area contributed by atoms with Crippen LogP contribution in [-0.4, -0.2) is 29.8 Å². The summed E-state index contributed by atoms with van der Waals surface area (Å²) in [5.74, 6) is 2.08. The van der Waals surface area contributed by atoms with Gasteiger partial charge in [-0.3, -0.25) is 9.59 Å². The van der Waals surface area contributed by atoms with Gasteiger partial charge in [0.25, 0.3) is 0 Å². The van der Waals surface area contributed by atoms with Crippen molar-refractivity contribution in [2.45, 2.75) is 85.6 Å². The molecule has 0 saturated heterocycles. The standard InChI is InChI=1S/C22H36N2O3/c1-6-11-24(12-7-2)21(26)10-8-9-20(25)23-18-14-22(4,5)15-19-17(18)13-16(3)27-19/h13,18H,6-12,14-15H2,1-5H3,(H,23,25). The maximum Gasteiger partial charge on any atom is 0.222 e. The number of hydrogen-bond donors (Lipinski definition) is 1. The van der Waals surface area contributed by atoms with E-state index in [1.165, 1.54) is 0 Å². The van der Waals surface area contributed by atoms with Crippen LogP contribution in [0.4, 0.5) is 0 Å². The van der Waals surface area contributed by atoms with Crippen LogP contribution >= 0.6 is 0 Å². The molecule has 1 unspecified atom stereocenters. The van der Waals surface area contributed by atoms with Crippen LogP contribution in [-0.2, 0) is 16.0 Å². The van der Waals surface area contributed by atoms with Gasteiger partial charge in [0.05, 0.1) is 6.04 Å². The van der Waals surface area contributed by atoms with Gasteiger partial charge in [-0.05, 0) is 44.1 Å². The van der Waals surface area contributed by atoms with E-state index >= 15 is 0 Å². The third-order valence-electron chi connectivity index (χ3n) is 5.21. The molecule has 0 aromatic carbocycles. The lowest BCUT2D eigenvalue weighted by Crippen LogP contribution is -2.36. The molecule has 1 aliphatic carbocycles. The maximum atomic E-state index is 12.5. The zero-order valence-electron chi connectivity index (χ0n) is 17.7. The molecule has 1 atom stereocenters. The van der Waals surface area contributed by atoms with E-state index in [4.69, 9.17) is 4.42 Å². The summed E-state index contributed by atoms with van der Waals surface area (Å²) < 4.78 is 5.84. The van der Waals surface area contributed by atoms with E-state index in [0.29, 0.717) is 19.3 Å². The highest BCUT2D eigenvalue weighted by atomic mass is 16.3. The van der Waals surface area contributed by atoms with E-state index in [-0.39, 0.29) is 23.3 Å². The highest BCUT2D eigenvalue weighted by Gasteiger charge is 2.35.